The SMILES string of the molecule is Cc1cccc(CNN)c1F.Cl. The maximum Gasteiger partial charge on any atom is 0.130 e. The quantitative estimate of drug-likeness (QED) is 0.548. The highest BCUT2D eigenvalue weighted by atomic mass is 35.5. The van der Waals surface area contributed by atoms with Crippen molar-refractivity contribution in [1.82, 2.24) is 5.43 Å². The first-order chi connectivity index (χ1) is 5.25. The van der Waals surface area contributed by atoms with E-state index in [1.807, 2.05) is 6.07 Å². The summed E-state index contributed by atoms with van der Waals surface area (Å²) in [5.41, 5.74) is 3.67. The maximum absolute atomic E-state index is 13.1. The molecule has 0 radical (unpaired) electrons. The average molecular weight is 191 g/mol. The van der Waals surface area contributed by atoms with Crippen LogP contribution in [0.1, 0.15) is 11.1 Å². The van der Waals surface area contributed by atoms with E-state index in [1.165, 1.54) is 0 Å². The van der Waals surface area contributed by atoms with Gasteiger partial charge in [-0.15, -0.1) is 12.4 Å². The highest BCUT2D eigenvalue weighted by molar-refractivity contribution is 5.85. The van der Waals surface area contributed by atoms with Crippen LogP contribution in [0.2, 0.25) is 0 Å². The van der Waals surface area contributed by atoms with Crippen molar-refractivity contribution in [2.24, 2.45) is 5.84 Å². The fourth-order valence-corrected chi connectivity index (χ4v) is 0.955. The molecule has 0 aliphatic rings. The Hall–Kier alpha value is -0.640. The first kappa shape index (κ1) is 11.4. The molecule has 1 aromatic carbocycles. The van der Waals surface area contributed by atoms with Crippen molar-refractivity contribution < 1.29 is 4.39 Å². The summed E-state index contributed by atoms with van der Waals surface area (Å²) in [6.07, 6.45) is 0. The van der Waals surface area contributed by atoms with E-state index < -0.39 is 0 Å². The lowest BCUT2D eigenvalue weighted by atomic mass is 10.1. The van der Waals surface area contributed by atoms with Crippen molar-refractivity contribution in [1.29, 1.82) is 0 Å². The first-order valence-corrected chi connectivity index (χ1v) is 3.43. The molecular weight excluding hydrogens is 179 g/mol. The van der Waals surface area contributed by atoms with Gasteiger partial charge in [0.15, 0.2) is 0 Å². The first-order valence-electron chi connectivity index (χ1n) is 3.43. The molecule has 4 heteroatoms. The van der Waals surface area contributed by atoms with Crippen molar-refractivity contribution in [3.05, 3.63) is 35.1 Å². The molecule has 0 fully saturated rings. The fraction of sp³-hybridized carbons (Fsp3) is 0.250. The highest BCUT2D eigenvalue weighted by Crippen LogP contribution is 2.10. The Labute approximate surface area is 77.3 Å². The molecule has 0 heterocycles. The summed E-state index contributed by atoms with van der Waals surface area (Å²) in [4.78, 5) is 0. The van der Waals surface area contributed by atoms with Crippen LogP contribution in [0.15, 0.2) is 18.2 Å². The number of aryl methyl sites for hydroxylation is 1. The van der Waals surface area contributed by atoms with Crippen LogP contribution in [0.4, 0.5) is 4.39 Å². The number of hydrogen-bond acceptors (Lipinski definition) is 2. The normalized spacial score (nSPS) is 9.25. The van der Waals surface area contributed by atoms with Crippen molar-refractivity contribution in [3.8, 4) is 0 Å². The Kier molecular flexibility index (Phi) is 4.81. The number of benzene rings is 1. The van der Waals surface area contributed by atoms with Gasteiger partial charge >= 0.3 is 0 Å². The van der Waals surface area contributed by atoms with Gasteiger partial charge in [-0.25, -0.2) is 4.39 Å². The molecule has 0 saturated heterocycles. The Bertz CT molecular complexity index is 253. The number of nitrogens with one attached hydrogen (secondary N) is 1. The molecule has 0 amide bonds. The summed E-state index contributed by atoms with van der Waals surface area (Å²) < 4.78 is 13.1. The minimum absolute atomic E-state index is 0. The van der Waals surface area contributed by atoms with Crippen LogP contribution < -0.4 is 11.3 Å². The summed E-state index contributed by atoms with van der Waals surface area (Å²) in [5.74, 6) is 4.89. The van der Waals surface area contributed by atoms with Crippen molar-refractivity contribution >= 4 is 12.4 Å². The van der Waals surface area contributed by atoms with Gasteiger partial charge < -0.3 is 0 Å². The predicted octanol–water partition coefficient (Wildman–Crippen LogP) is 1.52. The third kappa shape index (κ3) is 2.44. The summed E-state index contributed by atoms with van der Waals surface area (Å²) in [6, 6.07) is 5.25. The zero-order valence-corrected chi connectivity index (χ0v) is 7.62. The van der Waals surface area contributed by atoms with Crippen LogP contribution in [0.25, 0.3) is 0 Å². The van der Waals surface area contributed by atoms with E-state index in [9.17, 15) is 4.39 Å². The third-order valence-corrected chi connectivity index (χ3v) is 1.56. The minimum Gasteiger partial charge on any atom is -0.271 e. The summed E-state index contributed by atoms with van der Waals surface area (Å²) in [5, 5.41) is 0. The van der Waals surface area contributed by atoms with E-state index >= 15 is 0 Å². The van der Waals surface area contributed by atoms with Crippen LogP contribution in [0, 0.1) is 12.7 Å². The van der Waals surface area contributed by atoms with E-state index in [0.717, 1.165) is 0 Å². The lowest BCUT2D eigenvalue weighted by Crippen LogP contribution is -2.21. The van der Waals surface area contributed by atoms with Gasteiger partial charge in [-0.1, -0.05) is 18.2 Å². The molecular formula is C8H12ClFN2. The molecule has 0 spiro atoms. The molecule has 2 nitrogen and oxygen atoms in total. The lowest BCUT2D eigenvalue weighted by molar-refractivity contribution is 0.586. The van der Waals surface area contributed by atoms with Gasteiger partial charge in [0.2, 0.25) is 0 Å². The van der Waals surface area contributed by atoms with Crippen LogP contribution in [-0.2, 0) is 6.54 Å². The van der Waals surface area contributed by atoms with Crippen LogP contribution in [0.5, 0.6) is 0 Å². The zero-order valence-electron chi connectivity index (χ0n) is 6.80. The van der Waals surface area contributed by atoms with Gasteiger partial charge in [0.05, 0.1) is 0 Å². The van der Waals surface area contributed by atoms with E-state index in [-0.39, 0.29) is 18.2 Å². The second-order valence-electron chi connectivity index (χ2n) is 2.43. The van der Waals surface area contributed by atoms with Gasteiger partial charge in [-0.3, -0.25) is 11.3 Å². The van der Waals surface area contributed by atoms with Gasteiger partial charge in [0, 0.05) is 12.1 Å². The molecule has 0 atom stereocenters. The number of hydrazine groups is 1. The monoisotopic (exact) mass is 190 g/mol. The Balaban J connectivity index is 0.00000121. The Morgan fingerprint density at radius 3 is 2.75 bits per heavy atom. The van der Waals surface area contributed by atoms with E-state index in [4.69, 9.17) is 5.84 Å². The van der Waals surface area contributed by atoms with Gasteiger partial charge in [-0.05, 0) is 12.5 Å². The molecule has 1 aromatic rings. The molecule has 12 heavy (non-hydrogen) atoms. The van der Waals surface area contributed by atoms with Gasteiger partial charge in [0.25, 0.3) is 0 Å². The van der Waals surface area contributed by atoms with E-state index in [1.54, 1.807) is 19.1 Å². The molecule has 3 N–H and O–H groups in total. The molecule has 0 aliphatic heterocycles. The second-order valence-corrected chi connectivity index (χ2v) is 2.43. The standard InChI is InChI=1S/C8H11FN2.ClH/c1-6-3-2-4-7(5-11-10)8(6)9;/h2-4,11H,5,10H2,1H3;1H. The topological polar surface area (TPSA) is 38.0 Å². The van der Waals surface area contributed by atoms with Crippen LogP contribution >= 0.6 is 12.4 Å². The van der Waals surface area contributed by atoms with E-state index in [2.05, 4.69) is 5.43 Å². The summed E-state index contributed by atoms with van der Waals surface area (Å²) in [7, 11) is 0. The van der Waals surface area contributed by atoms with Crippen molar-refractivity contribution in [3.63, 3.8) is 0 Å². The molecule has 0 unspecified atom stereocenters. The van der Waals surface area contributed by atoms with E-state index in [0.29, 0.717) is 17.7 Å². The van der Waals surface area contributed by atoms with Gasteiger partial charge in [0.1, 0.15) is 5.82 Å². The number of hydrogen-bond donors (Lipinski definition) is 2. The summed E-state index contributed by atoms with van der Waals surface area (Å²) >= 11 is 0. The molecule has 68 valence electrons. The number of rotatable bonds is 2. The van der Waals surface area contributed by atoms with Crippen molar-refractivity contribution in [2.75, 3.05) is 0 Å². The number of nitrogens with two attached hydrogens (primary N) is 1. The molecule has 0 bridgehead atoms. The van der Waals surface area contributed by atoms with Gasteiger partial charge in [-0.2, -0.15) is 0 Å². The lowest BCUT2D eigenvalue weighted by Gasteiger charge is -2.03. The van der Waals surface area contributed by atoms with Crippen molar-refractivity contribution in [2.45, 2.75) is 13.5 Å². The third-order valence-electron chi connectivity index (χ3n) is 1.56. The maximum atomic E-state index is 13.1. The smallest absolute Gasteiger partial charge is 0.130 e. The molecule has 0 aromatic heterocycles. The molecule has 0 saturated carbocycles. The molecule has 1 rings (SSSR count). The molecule has 0 aliphatic carbocycles. The second kappa shape index (κ2) is 5.09. The van der Waals surface area contributed by atoms with Crippen LogP contribution in [0.3, 0.4) is 0 Å². The number of halogens is 2. The largest absolute Gasteiger partial charge is 0.271 e. The fourth-order valence-electron chi connectivity index (χ4n) is 0.955. The summed E-state index contributed by atoms with van der Waals surface area (Å²) in [6.45, 7) is 2.10. The minimum atomic E-state index is -0.176. The Morgan fingerprint density at radius 2 is 2.17 bits per heavy atom. The Morgan fingerprint density at radius 1 is 1.50 bits per heavy atom. The van der Waals surface area contributed by atoms with Crippen LogP contribution in [-0.4, -0.2) is 0 Å². The predicted molar refractivity (Wildman–Crippen MR) is 49.4 cm³/mol. The zero-order chi connectivity index (χ0) is 8.27. The average Bonchev–Trinajstić information content (AvgIpc) is 1.99. The highest BCUT2D eigenvalue weighted by Gasteiger charge is 2.01.